The van der Waals surface area contributed by atoms with E-state index in [1.54, 1.807) is 0 Å². The molecule has 2 aromatic rings. The Morgan fingerprint density at radius 3 is 2.63 bits per heavy atom. The molecule has 0 aliphatic rings. The number of allylic oxidation sites excluding steroid dienone is 2. The van der Waals surface area contributed by atoms with Crippen LogP contribution in [0.3, 0.4) is 0 Å². The zero-order chi connectivity index (χ0) is 19.9. The van der Waals surface area contributed by atoms with Crippen molar-refractivity contribution < 1.29 is 4.79 Å². The zero-order valence-corrected chi connectivity index (χ0v) is 16.6. The summed E-state index contributed by atoms with van der Waals surface area (Å²) < 4.78 is 0. The predicted octanol–water partition coefficient (Wildman–Crippen LogP) is 3.26. The number of carbonyl (C=O) groups excluding carboxylic acids is 1. The van der Waals surface area contributed by atoms with Crippen molar-refractivity contribution in [2.45, 2.75) is 40.7 Å². The maximum absolute atomic E-state index is 12.1. The van der Waals surface area contributed by atoms with Crippen molar-refractivity contribution in [3.05, 3.63) is 70.4 Å². The van der Waals surface area contributed by atoms with Gasteiger partial charge in [0.05, 0.1) is 0 Å². The molecule has 2 rings (SSSR count). The fraction of sp³-hybridized carbons (Fsp3) is 0.292. The molecule has 1 aromatic carbocycles. The monoisotopic (exact) mass is 360 g/mol. The SMILES string of the molecule is C=c1[nH]cc/c1=C(C#Cc1ccccc1CNC(=O)CC(C)(C)C)/C=C\C. The summed E-state index contributed by atoms with van der Waals surface area (Å²) in [5.74, 6) is 6.56. The van der Waals surface area contributed by atoms with Gasteiger partial charge in [0.1, 0.15) is 0 Å². The summed E-state index contributed by atoms with van der Waals surface area (Å²) in [6, 6.07) is 9.88. The number of aromatic amines is 1. The van der Waals surface area contributed by atoms with Crippen LogP contribution in [0.25, 0.3) is 12.2 Å². The molecule has 0 fully saturated rings. The lowest BCUT2D eigenvalue weighted by molar-refractivity contribution is -0.122. The van der Waals surface area contributed by atoms with Gasteiger partial charge >= 0.3 is 0 Å². The molecule has 0 aliphatic heterocycles. The molecule has 0 bridgehead atoms. The van der Waals surface area contributed by atoms with Crippen LogP contribution >= 0.6 is 0 Å². The Hall–Kier alpha value is -2.99. The van der Waals surface area contributed by atoms with Gasteiger partial charge in [-0.1, -0.05) is 69.5 Å². The second kappa shape index (κ2) is 9.09. The van der Waals surface area contributed by atoms with E-state index >= 15 is 0 Å². The third-order valence-electron chi connectivity index (χ3n) is 3.97. The molecule has 3 nitrogen and oxygen atoms in total. The summed E-state index contributed by atoms with van der Waals surface area (Å²) in [6.07, 6.45) is 6.31. The van der Waals surface area contributed by atoms with Crippen LogP contribution in [0.4, 0.5) is 0 Å². The molecular weight excluding hydrogens is 332 g/mol. The lowest BCUT2D eigenvalue weighted by Gasteiger charge is -2.17. The van der Waals surface area contributed by atoms with E-state index in [9.17, 15) is 4.79 Å². The minimum absolute atomic E-state index is 0.0256. The molecule has 0 unspecified atom stereocenters. The zero-order valence-electron chi connectivity index (χ0n) is 16.6. The molecule has 27 heavy (non-hydrogen) atoms. The molecule has 3 heteroatoms. The Morgan fingerprint density at radius 1 is 1.26 bits per heavy atom. The van der Waals surface area contributed by atoms with E-state index < -0.39 is 0 Å². The van der Waals surface area contributed by atoms with Gasteiger partial charge in [-0.2, -0.15) is 0 Å². The maximum atomic E-state index is 12.1. The molecular formula is C24H28N2O. The van der Waals surface area contributed by atoms with Crippen LogP contribution in [-0.4, -0.2) is 10.9 Å². The number of benzene rings is 1. The molecule has 0 atom stereocenters. The summed E-state index contributed by atoms with van der Waals surface area (Å²) in [4.78, 5) is 15.2. The van der Waals surface area contributed by atoms with Gasteiger partial charge in [0.15, 0.2) is 0 Å². The van der Waals surface area contributed by atoms with Crippen molar-refractivity contribution in [2.24, 2.45) is 5.41 Å². The van der Waals surface area contributed by atoms with Crippen molar-refractivity contribution in [1.29, 1.82) is 0 Å². The minimum Gasteiger partial charge on any atom is -0.362 e. The Balaban J connectivity index is 2.27. The Kier molecular flexibility index (Phi) is 6.85. The van der Waals surface area contributed by atoms with Gasteiger partial charge in [0, 0.05) is 40.9 Å². The van der Waals surface area contributed by atoms with Gasteiger partial charge < -0.3 is 10.3 Å². The third kappa shape index (κ3) is 6.34. The van der Waals surface area contributed by atoms with Gasteiger partial charge in [-0.3, -0.25) is 4.79 Å². The van der Waals surface area contributed by atoms with Gasteiger partial charge in [-0.25, -0.2) is 0 Å². The molecule has 0 saturated heterocycles. The Labute approximate surface area is 161 Å². The second-order valence-electron chi connectivity index (χ2n) is 7.70. The van der Waals surface area contributed by atoms with Crippen LogP contribution in [0.5, 0.6) is 0 Å². The standard InChI is InChI=1S/C24H28N2O/c1-6-9-20(22-14-15-25-18(22)2)13-12-19-10-7-8-11-21(19)17-26-23(27)16-24(3,4)5/h6-11,14-15,25H,2,16-17H2,1,3-5H3,(H,26,27)/b9-6-,22-20+. The first kappa shape index (κ1) is 20.3. The number of hydrogen-bond acceptors (Lipinski definition) is 1. The number of aromatic nitrogens is 1. The highest BCUT2D eigenvalue weighted by molar-refractivity contribution is 5.77. The van der Waals surface area contributed by atoms with E-state index in [1.807, 2.05) is 55.6 Å². The first-order valence-electron chi connectivity index (χ1n) is 9.16. The van der Waals surface area contributed by atoms with Crippen molar-refractivity contribution in [3.8, 4) is 11.8 Å². The van der Waals surface area contributed by atoms with Crippen molar-refractivity contribution >= 4 is 18.1 Å². The molecule has 0 radical (unpaired) electrons. The number of carbonyl (C=O) groups is 1. The van der Waals surface area contributed by atoms with E-state index in [-0.39, 0.29) is 11.3 Å². The highest BCUT2D eigenvalue weighted by Gasteiger charge is 2.15. The lowest BCUT2D eigenvalue weighted by Crippen LogP contribution is -2.27. The van der Waals surface area contributed by atoms with Crippen LogP contribution in [0.15, 0.2) is 48.7 Å². The molecule has 140 valence electrons. The van der Waals surface area contributed by atoms with E-state index in [2.05, 4.69) is 49.5 Å². The maximum Gasteiger partial charge on any atom is 0.220 e. The topological polar surface area (TPSA) is 44.9 Å². The number of nitrogens with one attached hydrogen (secondary N) is 2. The van der Waals surface area contributed by atoms with Crippen molar-refractivity contribution in [1.82, 2.24) is 10.3 Å². The average Bonchev–Trinajstić information content (AvgIpc) is 3.02. The Bertz CT molecular complexity index is 991. The largest absolute Gasteiger partial charge is 0.362 e. The molecule has 0 saturated carbocycles. The van der Waals surface area contributed by atoms with E-state index in [1.165, 1.54) is 0 Å². The van der Waals surface area contributed by atoms with E-state index in [4.69, 9.17) is 0 Å². The first-order valence-corrected chi connectivity index (χ1v) is 9.16. The van der Waals surface area contributed by atoms with Crippen LogP contribution in [-0.2, 0) is 11.3 Å². The van der Waals surface area contributed by atoms with Crippen LogP contribution in [0.2, 0.25) is 0 Å². The van der Waals surface area contributed by atoms with Gasteiger partial charge in [-0.05, 0) is 30.0 Å². The van der Waals surface area contributed by atoms with Gasteiger partial charge in [-0.15, -0.1) is 0 Å². The normalized spacial score (nSPS) is 12.4. The highest BCUT2D eigenvalue weighted by atomic mass is 16.1. The van der Waals surface area contributed by atoms with Gasteiger partial charge in [0.25, 0.3) is 0 Å². The number of hydrogen-bond donors (Lipinski definition) is 2. The average molecular weight is 361 g/mol. The summed E-state index contributed by atoms with van der Waals surface area (Å²) >= 11 is 0. The molecule has 0 spiro atoms. The molecule has 0 aliphatic carbocycles. The first-order chi connectivity index (χ1) is 12.8. The fourth-order valence-electron chi connectivity index (χ4n) is 2.69. The molecule has 2 N–H and O–H groups in total. The lowest BCUT2D eigenvalue weighted by atomic mass is 9.92. The van der Waals surface area contributed by atoms with Crippen LogP contribution in [0, 0.1) is 17.3 Å². The van der Waals surface area contributed by atoms with Crippen LogP contribution < -0.4 is 15.9 Å². The number of rotatable bonds is 4. The summed E-state index contributed by atoms with van der Waals surface area (Å²) in [5.41, 5.74) is 2.81. The number of H-pyrrole nitrogens is 1. The third-order valence-corrected chi connectivity index (χ3v) is 3.97. The van der Waals surface area contributed by atoms with E-state index in [0.29, 0.717) is 13.0 Å². The van der Waals surface area contributed by atoms with Gasteiger partial charge in [0.2, 0.25) is 5.91 Å². The van der Waals surface area contributed by atoms with E-state index in [0.717, 1.165) is 27.3 Å². The predicted molar refractivity (Wildman–Crippen MR) is 113 cm³/mol. The van der Waals surface area contributed by atoms with Crippen LogP contribution in [0.1, 0.15) is 45.2 Å². The molecule has 1 aromatic heterocycles. The summed E-state index contributed by atoms with van der Waals surface area (Å²) in [5, 5.41) is 4.85. The second-order valence-corrected chi connectivity index (χ2v) is 7.70. The fourth-order valence-corrected chi connectivity index (χ4v) is 2.69. The molecule has 1 heterocycles. The summed E-state index contributed by atoms with van der Waals surface area (Å²) in [6.45, 7) is 12.6. The number of amides is 1. The quantitative estimate of drug-likeness (QED) is 0.808. The summed E-state index contributed by atoms with van der Waals surface area (Å²) in [7, 11) is 0. The Morgan fingerprint density at radius 2 is 2.00 bits per heavy atom. The smallest absolute Gasteiger partial charge is 0.220 e. The molecule has 1 amide bonds. The minimum atomic E-state index is -0.0256. The highest BCUT2D eigenvalue weighted by Crippen LogP contribution is 2.18. The van der Waals surface area contributed by atoms with Crippen molar-refractivity contribution in [3.63, 3.8) is 0 Å². The van der Waals surface area contributed by atoms with Crippen molar-refractivity contribution in [2.75, 3.05) is 0 Å².